The summed E-state index contributed by atoms with van der Waals surface area (Å²) in [6.45, 7) is 0. The second kappa shape index (κ2) is 12.9. The normalized spacial score (nSPS) is 12.2. The average Bonchev–Trinajstić information content (AvgIpc) is 4.09. The molecule has 7 heteroatoms. The fourth-order valence-corrected chi connectivity index (χ4v) is 12.1. The van der Waals surface area contributed by atoms with Crippen LogP contribution < -0.4 is 0 Å². The van der Waals surface area contributed by atoms with Crippen molar-refractivity contribution in [2.75, 3.05) is 0 Å². The van der Waals surface area contributed by atoms with Gasteiger partial charge in [-0.15, -0.1) is 22.7 Å². The molecule has 0 N–H and O–H groups in total. The number of fused-ring (bicyclic) bond motifs is 13. The van der Waals surface area contributed by atoms with E-state index < -0.39 is 0 Å². The molecule has 5 aromatic heterocycles. The molecule has 5 heterocycles. The first-order valence-electron chi connectivity index (χ1n) is 20.7. The summed E-state index contributed by atoms with van der Waals surface area (Å²) in [4.78, 5) is 16.6. The standard InChI is InChI=1S/C55H30N4OS2/c1-2-14-32-30-45-42(29-31(32)13-1)33-15-3-7-23-43(33)59(45)44-28-27-39-36-18-6-10-26-48(36)62-52(39)49(44)55-57-53(40-21-11-19-37-34-16-4-8-24-46(34)60-50(37)40)56-54(58-55)41-22-12-20-38-35-17-5-9-25-47(35)61-51(38)41/h1-30H. The molecule has 0 spiro atoms. The highest BCUT2D eigenvalue weighted by atomic mass is 32.1. The van der Waals surface area contributed by atoms with Crippen LogP contribution in [0.5, 0.6) is 0 Å². The molecular weight excluding hydrogens is 797 g/mol. The van der Waals surface area contributed by atoms with Crippen LogP contribution in [0.4, 0.5) is 0 Å². The van der Waals surface area contributed by atoms with Crippen LogP contribution >= 0.6 is 22.7 Å². The Labute approximate surface area is 361 Å². The highest BCUT2D eigenvalue weighted by Gasteiger charge is 2.25. The summed E-state index contributed by atoms with van der Waals surface area (Å²) in [5.41, 5.74) is 7.60. The summed E-state index contributed by atoms with van der Waals surface area (Å²) in [5, 5.41) is 11.7. The quantitative estimate of drug-likeness (QED) is 0.177. The molecule has 0 aliphatic heterocycles. The zero-order valence-corrected chi connectivity index (χ0v) is 34.5. The Balaban J connectivity index is 1.14. The van der Waals surface area contributed by atoms with Crippen LogP contribution in [0.3, 0.4) is 0 Å². The number of furan rings is 1. The third-order valence-corrected chi connectivity index (χ3v) is 14.9. The molecule has 0 atom stereocenters. The molecule has 5 nitrogen and oxygen atoms in total. The van der Waals surface area contributed by atoms with E-state index in [0.29, 0.717) is 17.5 Å². The van der Waals surface area contributed by atoms with E-state index in [9.17, 15) is 0 Å². The fourth-order valence-electron chi connectivity index (χ4n) is 9.67. The minimum Gasteiger partial charge on any atom is -0.455 e. The van der Waals surface area contributed by atoms with Gasteiger partial charge in [-0.1, -0.05) is 127 Å². The molecule has 0 saturated heterocycles. The Kier molecular flexibility index (Phi) is 7.08. The molecule has 0 aliphatic rings. The number of rotatable bonds is 4. The maximum absolute atomic E-state index is 6.66. The van der Waals surface area contributed by atoms with Crippen LogP contribution in [0.25, 0.3) is 135 Å². The van der Waals surface area contributed by atoms with Gasteiger partial charge in [-0.2, -0.15) is 0 Å². The van der Waals surface area contributed by atoms with Gasteiger partial charge in [0.05, 0.1) is 27.8 Å². The maximum atomic E-state index is 6.66. The third-order valence-electron chi connectivity index (χ3n) is 12.5. The molecule has 14 rings (SSSR count). The molecule has 0 saturated carbocycles. The van der Waals surface area contributed by atoms with Gasteiger partial charge in [0.1, 0.15) is 11.2 Å². The van der Waals surface area contributed by atoms with Crippen LogP contribution in [-0.2, 0) is 0 Å². The fraction of sp³-hybridized carbons (Fsp3) is 0. The first kappa shape index (κ1) is 34.0. The Morgan fingerprint density at radius 3 is 1.77 bits per heavy atom. The van der Waals surface area contributed by atoms with E-state index in [1.807, 2.05) is 12.1 Å². The van der Waals surface area contributed by atoms with E-state index >= 15 is 0 Å². The lowest BCUT2D eigenvalue weighted by atomic mass is 10.0. The molecule has 62 heavy (non-hydrogen) atoms. The van der Waals surface area contributed by atoms with E-state index in [1.165, 1.54) is 52.5 Å². The van der Waals surface area contributed by atoms with E-state index in [0.717, 1.165) is 64.7 Å². The molecule has 0 amide bonds. The van der Waals surface area contributed by atoms with Crippen LogP contribution in [0.15, 0.2) is 186 Å². The van der Waals surface area contributed by atoms with E-state index in [2.05, 4.69) is 174 Å². The van der Waals surface area contributed by atoms with Crippen LogP contribution in [-0.4, -0.2) is 19.5 Å². The molecular formula is C55H30N4OS2. The van der Waals surface area contributed by atoms with Crippen molar-refractivity contribution in [3.63, 3.8) is 0 Å². The van der Waals surface area contributed by atoms with Crippen molar-refractivity contribution in [3.05, 3.63) is 182 Å². The van der Waals surface area contributed by atoms with Crippen molar-refractivity contribution in [1.82, 2.24) is 19.5 Å². The van der Waals surface area contributed by atoms with Gasteiger partial charge in [-0.3, -0.25) is 0 Å². The SMILES string of the molecule is c1ccc2cc3c(cc2c1)c1ccccc1n3-c1ccc2c(sc3ccccc32)c1-c1nc(-c2cccc3c2oc2ccccc23)nc(-c2cccc3c2sc2ccccc23)n1. The van der Waals surface area contributed by atoms with Crippen LogP contribution in [0, 0.1) is 0 Å². The summed E-state index contributed by atoms with van der Waals surface area (Å²) >= 11 is 3.57. The first-order chi connectivity index (χ1) is 30.7. The maximum Gasteiger partial charge on any atom is 0.167 e. The van der Waals surface area contributed by atoms with Crippen molar-refractivity contribution in [2.45, 2.75) is 0 Å². The van der Waals surface area contributed by atoms with Crippen molar-refractivity contribution in [2.24, 2.45) is 0 Å². The number of benzene rings is 9. The summed E-state index contributed by atoms with van der Waals surface area (Å²) in [6.07, 6.45) is 0. The third kappa shape index (κ3) is 4.86. The van der Waals surface area contributed by atoms with Crippen molar-refractivity contribution < 1.29 is 4.42 Å². The van der Waals surface area contributed by atoms with E-state index in [1.54, 1.807) is 22.7 Å². The smallest absolute Gasteiger partial charge is 0.167 e. The lowest BCUT2D eigenvalue weighted by Gasteiger charge is -2.16. The largest absolute Gasteiger partial charge is 0.455 e. The van der Waals surface area contributed by atoms with Crippen molar-refractivity contribution >= 4 is 118 Å². The second-order valence-corrected chi connectivity index (χ2v) is 18.0. The van der Waals surface area contributed by atoms with Gasteiger partial charge >= 0.3 is 0 Å². The second-order valence-electron chi connectivity index (χ2n) is 15.9. The van der Waals surface area contributed by atoms with Crippen LogP contribution in [0.2, 0.25) is 0 Å². The number of thiophene rings is 2. The molecule has 14 aromatic rings. The monoisotopic (exact) mass is 826 g/mol. The predicted octanol–water partition coefficient (Wildman–Crippen LogP) is 15.8. The van der Waals surface area contributed by atoms with Crippen molar-refractivity contribution in [1.29, 1.82) is 0 Å². The van der Waals surface area contributed by atoms with Gasteiger partial charge in [-0.25, -0.2) is 15.0 Å². The summed E-state index contributed by atoms with van der Waals surface area (Å²) in [6, 6.07) is 64.8. The van der Waals surface area contributed by atoms with Crippen LogP contribution in [0.1, 0.15) is 0 Å². The molecule has 0 radical (unpaired) electrons. The van der Waals surface area contributed by atoms with Gasteiger partial charge in [0.25, 0.3) is 0 Å². The minimum absolute atomic E-state index is 0.560. The predicted molar refractivity (Wildman–Crippen MR) is 261 cm³/mol. The number of nitrogens with zero attached hydrogens (tertiary/aromatic N) is 4. The number of para-hydroxylation sites is 3. The van der Waals surface area contributed by atoms with Gasteiger partial charge < -0.3 is 8.98 Å². The topological polar surface area (TPSA) is 56.7 Å². The lowest BCUT2D eigenvalue weighted by Crippen LogP contribution is -2.04. The van der Waals surface area contributed by atoms with Gasteiger partial charge in [0, 0.05) is 67.5 Å². The highest BCUT2D eigenvalue weighted by molar-refractivity contribution is 7.26. The lowest BCUT2D eigenvalue weighted by molar-refractivity contribution is 0.669. The Morgan fingerprint density at radius 1 is 0.387 bits per heavy atom. The van der Waals surface area contributed by atoms with Crippen molar-refractivity contribution in [3.8, 4) is 39.9 Å². The van der Waals surface area contributed by atoms with Gasteiger partial charge in [-0.05, 0) is 65.4 Å². The molecule has 0 fully saturated rings. The van der Waals surface area contributed by atoms with Gasteiger partial charge in [0.2, 0.25) is 0 Å². The van der Waals surface area contributed by atoms with E-state index in [4.69, 9.17) is 19.4 Å². The summed E-state index contributed by atoms with van der Waals surface area (Å²) in [7, 11) is 0. The number of hydrogen-bond donors (Lipinski definition) is 0. The van der Waals surface area contributed by atoms with E-state index in [-0.39, 0.29) is 0 Å². The molecule has 288 valence electrons. The molecule has 0 aliphatic carbocycles. The Bertz CT molecular complexity index is 4060. The molecule has 9 aromatic carbocycles. The number of hydrogen-bond acceptors (Lipinski definition) is 6. The minimum atomic E-state index is 0.560. The Morgan fingerprint density at radius 2 is 0.968 bits per heavy atom. The highest BCUT2D eigenvalue weighted by Crippen LogP contribution is 2.47. The Hall–Kier alpha value is -7.71. The summed E-state index contributed by atoms with van der Waals surface area (Å²) < 4.78 is 13.8. The zero-order valence-electron chi connectivity index (χ0n) is 32.8. The first-order valence-corrected chi connectivity index (χ1v) is 22.3. The molecule has 0 bridgehead atoms. The number of aromatic nitrogens is 4. The van der Waals surface area contributed by atoms with Gasteiger partial charge in [0.15, 0.2) is 17.5 Å². The average molecular weight is 827 g/mol. The summed E-state index contributed by atoms with van der Waals surface area (Å²) in [5.74, 6) is 1.78. The zero-order chi connectivity index (χ0) is 40.5. The molecule has 0 unspecified atom stereocenters.